The molecule has 2 heteroatoms. The van der Waals surface area contributed by atoms with Crippen molar-refractivity contribution in [3.63, 3.8) is 0 Å². The SMILES string of the molecule is CCOC(CC)N(C)C. The smallest absolute Gasteiger partial charge is 0.109 e. The lowest BCUT2D eigenvalue weighted by Gasteiger charge is -2.21. The second-order valence-corrected chi connectivity index (χ2v) is 2.28. The van der Waals surface area contributed by atoms with E-state index in [9.17, 15) is 0 Å². The second-order valence-electron chi connectivity index (χ2n) is 2.28. The molecule has 0 heterocycles. The van der Waals surface area contributed by atoms with E-state index in [4.69, 9.17) is 4.74 Å². The number of rotatable bonds is 4. The van der Waals surface area contributed by atoms with Crippen molar-refractivity contribution in [1.29, 1.82) is 0 Å². The highest BCUT2D eigenvalue weighted by Crippen LogP contribution is 1.99. The van der Waals surface area contributed by atoms with Crippen LogP contribution in [-0.2, 0) is 4.74 Å². The predicted molar refractivity (Wildman–Crippen MR) is 39.4 cm³/mol. The van der Waals surface area contributed by atoms with Crippen molar-refractivity contribution >= 4 is 0 Å². The quantitative estimate of drug-likeness (QED) is 0.533. The molecule has 1 atom stereocenters. The fourth-order valence-electron chi connectivity index (χ4n) is 0.824. The fourth-order valence-corrected chi connectivity index (χ4v) is 0.824. The third-order valence-corrected chi connectivity index (χ3v) is 1.28. The Morgan fingerprint density at radius 1 is 1.33 bits per heavy atom. The molecule has 0 rings (SSSR count). The summed E-state index contributed by atoms with van der Waals surface area (Å²) in [7, 11) is 4.06. The van der Waals surface area contributed by atoms with Gasteiger partial charge >= 0.3 is 0 Å². The molecule has 0 saturated heterocycles. The van der Waals surface area contributed by atoms with Crippen LogP contribution in [0.25, 0.3) is 0 Å². The molecular weight excluding hydrogens is 114 g/mol. The molecule has 0 amide bonds. The minimum atomic E-state index is 0.301. The summed E-state index contributed by atoms with van der Waals surface area (Å²) in [4.78, 5) is 2.09. The Kier molecular flexibility index (Phi) is 4.72. The highest BCUT2D eigenvalue weighted by atomic mass is 16.5. The number of hydrogen-bond acceptors (Lipinski definition) is 2. The van der Waals surface area contributed by atoms with Gasteiger partial charge in [0.1, 0.15) is 6.23 Å². The zero-order valence-corrected chi connectivity index (χ0v) is 6.85. The molecule has 0 fully saturated rings. The number of ether oxygens (including phenoxy) is 1. The first-order chi connectivity index (χ1) is 4.22. The Labute approximate surface area is 57.8 Å². The van der Waals surface area contributed by atoms with Gasteiger partial charge in [-0.1, -0.05) is 6.92 Å². The minimum absolute atomic E-state index is 0.301. The van der Waals surface area contributed by atoms with E-state index in [1.807, 2.05) is 21.0 Å². The van der Waals surface area contributed by atoms with Gasteiger partial charge in [-0.2, -0.15) is 0 Å². The van der Waals surface area contributed by atoms with Crippen LogP contribution in [0.1, 0.15) is 20.3 Å². The number of nitrogens with zero attached hydrogens (tertiary/aromatic N) is 1. The minimum Gasteiger partial charge on any atom is -0.363 e. The predicted octanol–water partition coefficient (Wildman–Crippen LogP) is 1.32. The Hall–Kier alpha value is -0.0800. The van der Waals surface area contributed by atoms with Crippen molar-refractivity contribution in [2.45, 2.75) is 26.5 Å². The van der Waals surface area contributed by atoms with Gasteiger partial charge in [0.05, 0.1) is 0 Å². The lowest BCUT2D eigenvalue weighted by Crippen LogP contribution is -2.29. The summed E-state index contributed by atoms with van der Waals surface area (Å²) in [5.41, 5.74) is 0. The maximum atomic E-state index is 5.38. The Balaban J connectivity index is 3.41. The molecule has 1 unspecified atom stereocenters. The van der Waals surface area contributed by atoms with E-state index in [1.165, 1.54) is 0 Å². The lowest BCUT2D eigenvalue weighted by molar-refractivity contribution is -0.0317. The van der Waals surface area contributed by atoms with E-state index >= 15 is 0 Å². The van der Waals surface area contributed by atoms with Gasteiger partial charge in [-0.15, -0.1) is 0 Å². The molecular formula is C7H17NO. The Morgan fingerprint density at radius 2 is 1.89 bits per heavy atom. The summed E-state index contributed by atoms with van der Waals surface area (Å²) in [6, 6.07) is 0. The first-order valence-corrected chi connectivity index (χ1v) is 3.50. The largest absolute Gasteiger partial charge is 0.363 e. The third kappa shape index (κ3) is 3.49. The van der Waals surface area contributed by atoms with Crippen molar-refractivity contribution in [2.75, 3.05) is 20.7 Å². The van der Waals surface area contributed by atoms with Crippen LogP contribution in [0.2, 0.25) is 0 Å². The van der Waals surface area contributed by atoms with E-state index in [1.54, 1.807) is 0 Å². The lowest BCUT2D eigenvalue weighted by atomic mass is 10.4. The molecule has 56 valence electrons. The van der Waals surface area contributed by atoms with Crippen molar-refractivity contribution in [3.8, 4) is 0 Å². The van der Waals surface area contributed by atoms with Gasteiger partial charge in [0.25, 0.3) is 0 Å². The van der Waals surface area contributed by atoms with Crippen molar-refractivity contribution in [1.82, 2.24) is 4.90 Å². The summed E-state index contributed by atoms with van der Waals surface area (Å²) >= 11 is 0. The van der Waals surface area contributed by atoms with Crippen LogP contribution in [0, 0.1) is 0 Å². The molecule has 0 N–H and O–H groups in total. The van der Waals surface area contributed by atoms with E-state index < -0.39 is 0 Å². The van der Waals surface area contributed by atoms with Crippen LogP contribution in [0.3, 0.4) is 0 Å². The van der Waals surface area contributed by atoms with Crippen LogP contribution >= 0.6 is 0 Å². The molecule has 0 bridgehead atoms. The van der Waals surface area contributed by atoms with E-state index in [2.05, 4.69) is 11.8 Å². The normalized spacial score (nSPS) is 14.3. The van der Waals surface area contributed by atoms with Gasteiger partial charge in [0.2, 0.25) is 0 Å². The van der Waals surface area contributed by atoms with Crippen LogP contribution < -0.4 is 0 Å². The van der Waals surface area contributed by atoms with Crippen LogP contribution in [0.5, 0.6) is 0 Å². The first-order valence-electron chi connectivity index (χ1n) is 3.50. The molecule has 9 heavy (non-hydrogen) atoms. The highest BCUT2D eigenvalue weighted by molar-refractivity contribution is 4.48. The van der Waals surface area contributed by atoms with E-state index in [-0.39, 0.29) is 0 Å². The maximum absolute atomic E-state index is 5.38. The van der Waals surface area contributed by atoms with Gasteiger partial charge < -0.3 is 4.74 Å². The summed E-state index contributed by atoms with van der Waals surface area (Å²) in [5, 5.41) is 0. The molecule has 0 aromatic heterocycles. The third-order valence-electron chi connectivity index (χ3n) is 1.28. The first kappa shape index (κ1) is 8.92. The van der Waals surface area contributed by atoms with Crippen LogP contribution in [0.15, 0.2) is 0 Å². The Bertz CT molecular complexity index is 63.9. The molecule has 0 aliphatic heterocycles. The zero-order chi connectivity index (χ0) is 7.28. The monoisotopic (exact) mass is 131 g/mol. The van der Waals surface area contributed by atoms with Gasteiger partial charge in [-0.25, -0.2) is 0 Å². The summed E-state index contributed by atoms with van der Waals surface area (Å²) in [6.45, 7) is 4.95. The molecule has 0 saturated carbocycles. The van der Waals surface area contributed by atoms with Gasteiger partial charge in [0.15, 0.2) is 0 Å². The summed E-state index contributed by atoms with van der Waals surface area (Å²) in [6.07, 6.45) is 1.36. The van der Waals surface area contributed by atoms with Gasteiger partial charge in [-0.05, 0) is 27.4 Å². The van der Waals surface area contributed by atoms with Crippen molar-refractivity contribution in [3.05, 3.63) is 0 Å². The molecule has 0 spiro atoms. The highest BCUT2D eigenvalue weighted by Gasteiger charge is 2.05. The molecule has 2 nitrogen and oxygen atoms in total. The number of hydrogen-bond donors (Lipinski definition) is 0. The summed E-state index contributed by atoms with van der Waals surface area (Å²) in [5.74, 6) is 0. The average molecular weight is 131 g/mol. The fraction of sp³-hybridized carbons (Fsp3) is 1.00. The maximum Gasteiger partial charge on any atom is 0.109 e. The summed E-state index contributed by atoms with van der Waals surface area (Å²) < 4.78 is 5.38. The van der Waals surface area contributed by atoms with Crippen LogP contribution in [0.4, 0.5) is 0 Å². The molecule has 0 aliphatic rings. The molecule has 0 radical (unpaired) electrons. The van der Waals surface area contributed by atoms with E-state index in [0.717, 1.165) is 13.0 Å². The van der Waals surface area contributed by atoms with Crippen molar-refractivity contribution in [2.24, 2.45) is 0 Å². The standard InChI is InChI=1S/C7H17NO/c1-5-7(8(3)4)9-6-2/h7H,5-6H2,1-4H3. The topological polar surface area (TPSA) is 12.5 Å². The molecule has 0 aromatic carbocycles. The van der Waals surface area contributed by atoms with Crippen LogP contribution in [-0.4, -0.2) is 31.8 Å². The van der Waals surface area contributed by atoms with E-state index in [0.29, 0.717) is 6.23 Å². The van der Waals surface area contributed by atoms with Gasteiger partial charge in [-0.3, -0.25) is 4.90 Å². The van der Waals surface area contributed by atoms with Gasteiger partial charge in [0, 0.05) is 6.61 Å². The second kappa shape index (κ2) is 4.77. The average Bonchev–Trinajstić information content (AvgIpc) is 1.82. The Morgan fingerprint density at radius 3 is 2.00 bits per heavy atom. The molecule has 0 aliphatic carbocycles. The molecule has 0 aromatic rings. The zero-order valence-electron chi connectivity index (χ0n) is 6.85. The van der Waals surface area contributed by atoms with Crippen molar-refractivity contribution < 1.29 is 4.74 Å².